The van der Waals surface area contributed by atoms with E-state index >= 15 is 0 Å². The normalized spacial score (nSPS) is 10.9. The average molecular weight is 399 g/mol. The molecule has 0 radical (unpaired) electrons. The van der Waals surface area contributed by atoms with E-state index in [0.29, 0.717) is 29.4 Å². The summed E-state index contributed by atoms with van der Waals surface area (Å²) in [7, 11) is 0. The molecule has 0 fully saturated rings. The summed E-state index contributed by atoms with van der Waals surface area (Å²) in [6, 6.07) is 23.7. The Kier molecular flexibility index (Phi) is 5.30. The summed E-state index contributed by atoms with van der Waals surface area (Å²) in [5, 5.41) is 0.499. The molecule has 0 atom stereocenters. The molecule has 6 nitrogen and oxygen atoms in total. The number of rotatable bonds is 6. The molecule has 150 valence electrons. The Morgan fingerprint density at radius 3 is 2.13 bits per heavy atom. The lowest BCUT2D eigenvalue weighted by molar-refractivity contribution is 0.100. The highest BCUT2D eigenvalue weighted by Crippen LogP contribution is 2.12. The SMILES string of the molecule is NC(=O)c1ccc(Cn2c(=O)n(CCc3ccccc3)c(=O)c3ccccc32)cc1. The first kappa shape index (κ1) is 19.4. The van der Waals surface area contributed by atoms with E-state index in [9.17, 15) is 14.4 Å². The van der Waals surface area contributed by atoms with Crippen LogP contribution in [0.4, 0.5) is 0 Å². The minimum absolute atomic E-state index is 0.282. The molecule has 0 bridgehead atoms. The minimum Gasteiger partial charge on any atom is -0.366 e. The number of fused-ring (bicyclic) bond motifs is 1. The van der Waals surface area contributed by atoms with Crippen LogP contribution in [0.15, 0.2) is 88.5 Å². The fraction of sp³-hybridized carbons (Fsp3) is 0.125. The lowest BCUT2D eigenvalue weighted by Crippen LogP contribution is -2.40. The number of hydrogen-bond acceptors (Lipinski definition) is 3. The average Bonchev–Trinajstić information content (AvgIpc) is 2.77. The minimum atomic E-state index is -0.501. The van der Waals surface area contributed by atoms with Gasteiger partial charge in [0.2, 0.25) is 5.91 Å². The molecule has 0 aliphatic carbocycles. The topological polar surface area (TPSA) is 87.1 Å². The van der Waals surface area contributed by atoms with Gasteiger partial charge in [0.15, 0.2) is 0 Å². The fourth-order valence-electron chi connectivity index (χ4n) is 3.56. The third kappa shape index (κ3) is 3.80. The van der Waals surface area contributed by atoms with Gasteiger partial charge in [-0.25, -0.2) is 4.79 Å². The van der Waals surface area contributed by atoms with Crippen molar-refractivity contribution >= 4 is 16.8 Å². The van der Waals surface area contributed by atoms with Crippen LogP contribution in [-0.4, -0.2) is 15.0 Å². The maximum absolute atomic E-state index is 13.3. The summed E-state index contributed by atoms with van der Waals surface area (Å²) in [4.78, 5) is 37.5. The van der Waals surface area contributed by atoms with Crippen molar-refractivity contribution in [2.24, 2.45) is 5.73 Å². The van der Waals surface area contributed by atoms with E-state index in [2.05, 4.69) is 0 Å². The van der Waals surface area contributed by atoms with E-state index in [1.807, 2.05) is 36.4 Å². The second-order valence-corrected chi connectivity index (χ2v) is 7.14. The van der Waals surface area contributed by atoms with Crippen molar-refractivity contribution in [1.82, 2.24) is 9.13 Å². The van der Waals surface area contributed by atoms with Gasteiger partial charge in [-0.15, -0.1) is 0 Å². The van der Waals surface area contributed by atoms with Crippen LogP contribution in [0.1, 0.15) is 21.5 Å². The van der Waals surface area contributed by atoms with Gasteiger partial charge in [0.25, 0.3) is 5.56 Å². The van der Waals surface area contributed by atoms with Gasteiger partial charge < -0.3 is 5.73 Å². The zero-order chi connectivity index (χ0) is 21.1. The van der Waals surface area contributed by atoms with E-state index in [4.69, 9.17) is 5.73 Å². The third-order valence-corrected chi connectivity index (χ3v) is 5.18. The van der Waals surface area contributed by atoms with E-state index in [1.54, 1.807) is 47.0 Å². The zero-order valence-corrected chi connectivity index (χ0v) is 16.3. The number of carbonyl (C=O) groups is 1. The number of nitrogens with zero attached hydrogens (tertiary/aromatic N) is 2. The van der Waals surface area contributed by atoms with Crippen LogP contribution in [0, 0.1) is 0 Å². The molecular formula is C24H21N3O3. The van der Waals surface area contributed by atoms with Crippen LogP contribution in [0.25, 0.3) is 10.9 Å². The largest absolute Gasteiger partial charge is 0.366 e. The number of primary amides is 1. The Morgan fingerprint density at radius 1 is 0.767 bits per heavy atom. The van der Waals surface area contributed by atoms with Gasteiger partial charge in [0.1, 0.15) is 0 Å². The number of nitrogens with two attached hydrogens (primary N) is 1. The van der Waals surface area contributed by atoms with E-state index in [0.717, 1.165) is 11.1 Å². The molecule has 6 heteroatoms. The van der Waals surface area contributed by atoms with Crippen LogP contribution in [0.2, 0.25) is 0 Å². The monoisotopic (exact) mass is 399 g/mol. The molecule has 0 saturated heterocycles. The van der Waals surface area contributed by atoms with Gasteiger partial charge in [-0.1, -0.05) is 54.6 Å². The van der Waals surface area contributed by atoms with Gasteiger partial charge in [0.05, 0.1) is 17.4 Å². The number of aromatic nitrogens is 2. The van der Waals surface area contributed by atoms with Crippen LogP contribution in [-0.2, 0) is 19.5 Å². The first-order valence-electron chi connectivity index (χ1n) is 9.69. The number of carbonyl (C=O) groups excluding carboxylic acids is 1. The van der Waals surface area contributed by atoms with Crippen molar-refractivity contribution in [3.63, 3.8) is 0 Å². The van der Waals surface area contributed by atoms with Crippen molar-refractivity contribution in [3.8, 4) is 0 Å². The molecule has 30 heavy (non-hydrogen) atoms. The first-order valence-corrected chi connectivity index (χ1v) is 9.69. The number of benzene rings is 3. The fourth-order valence-corrected chi connectivity index (χ4v) is 3.56. The molecule has 4 aromatic rings. The van der Waals surface area contributed by atoms with Crippen LogP contribution < -0.4 is 17.0 Å². The van der Waals surface area contributed by atoms with Gasteiger partial charge in [-0.3, -0.25) is 18.7 Å². The summed E-state index contributed by atoms with van der Waals surface area (Å²) in [6.45, 7) is 0.580. The zero-order valence-electron chi connectivity index (χ0n) is 16.3. The highest BCUT2D eigenvalue weighted by Gasteiger charge is 2.13. The quantitative estimate of drug-likeness (QED) is 0.541. The Labute approximate surface area is 172 Å². The second-order valence-electron chi connectivity index (χ2n) is 7.14. The predicted molar refractivity (Wildman–Crippen MR) is 117 cm³/mol. The number of amides is 1. The van der Waals surface area contributed by atoms with Gasteiger partial charge >= 0.3 is 5.69 Å². The molecule has 1 heterocycles. The smallest absolute Gasteiger partial charge is 0.331 e. The summed E-state index contributed by atoms with van der Waals surface area (Å²) < 4.78 is 2.90. The molecule has 2 N–H and O–H groups in total. The molecule has 0 unspecified atom stereocenters. The Bertz CT molecular complexity index is 1320. The summed E-state index contributed by atoms with van der Waals surface area (Å²) >= 11 is 0. The molecule has 0 saturated carbocycles. The van der Waals surface area contributed by atoms with E-state index in [-0.39, 0.29) is 17.8 Å². The van der Waals surface area contributed by atoms with Gasteiger partial charge in [-0.2, -0.15) is 0 Å². The molecule has 0 aliphatic rings. The molecule has 0 spiro atoms. The molecule has 3 aromatic carbocycles. The Hall–Kier alpha value is -3.93. The van der Waals surface area contributed by atoms with Gasteiger partial charge in [-0.05, 0) is 41.8 Å². The lowest BCUT2D eigenvalue weighted by Gasteiger charge is -2.14. The predicted octanol–water partition coefficient (Wildman–Crippen LogP) is 2.55. The number of para-hydroxylation sites is 1. The third-order valence-electron chi connectivity index (χ3n) is 5.18. The van der Waals surface area contributed by atoms with Crippen molar-refractivity contribution in [1.29, 1.82) is 0 Å². The van der Waals surface area contributed by atoms with Gasteiger partial charge in [0, 0.05) is 12.1 Å². The maximum atomic E-state index is 13.3. The number of hydrogen-bond donors (Lipinski definition) is 1. The van der Waals surface area contributed by atoms with Crippen molar-refractivity contribution in [2.45, 2.75) is 19.5 Å². The van der Waals surface area contributed by atoms with Crippen LogP contribution >= 0.6 is 0 Å². The highest BCUT2D eigenvalue weighted by atomic mass is 16.2. The standard InChI is InChI=1S/C24H21N3O3/c25-22(28)19-12-10-18(11-13-19)16-27-21-9-5-4-8-20(21)23(29)26(24(27)30)15-14-17-6-2-1-3-7-17/h1-13H,14-16H2,(H2,25,28). The molecular weight excluding hydrogens is 378 g/mol. The van der Waals surface area contributed by atoms with Crippen LogP contribution in [0.3, 0.4) is 0 Å². The first-order chi connectivity index (χ1) is 14.5. The lowest BCUT2D eigenvalue weighted by atomic mass is 10.1. The van der Waals surface area contributed by atoms with E-state index in [1.165, 1.54) is 4.57 Å². The highest BCUT2D eigenvalue weighted by molar-refractivity contribution is 5.92. The summed E-state index contributed by atoms with van der Waals surface area (Å²) in [5.41, 5.74) is 7.55. The Balaban J connectivity index is 1.77. The Morgan fingerprint density at radius 2 is 1.43 bits per heavy atom. The molecule has 1 amide bonds. The van der Waals surface area contributed by atoms with Crippen molar-refractivity contribution in [3.05, 3.63) is 116 Å². The molecule has 1 aromatic heterocycles. The molecule has 0 aliphatic heterocycles. The summed E-state index contributed by atoms with van der Waals surface area (Å²) in [5.74, 6) is -0.501. The molecule has 4 rings (SSSR count). The van der Waals surface area contributed by atoms with Crippen molar-refractivity contribution < 1.29 is 4.79 Å². The maximum Gasteiger partial charge on any atom is 0.331 e. The second kappa shape index (κ2) is 8.21. The van der Waals surface area contributed by atoms with E-state index < -0.39 is 5.91 Å². The summed E-state index contributed by atoms with van der Waals surface area (Å²) in [6.07, 6.45) is 0.585. The number of aryl methyl sites for hydroxylation is 1. The van der Waals surface area contributed by atoms with Crippen molar-refractivity contribution in [2.75, 3.05) is 0 Å². The van der Waals surface area contributed by atoms with Crippen LogP contribution in [0.5, 0.6) is 0 Å².